The van der Waals surface area contributed by atoms with Gasteiger partial charge in [-0.1, -0.05) is 66.7 Å². The molecule has 0 amide bonds. The second-order valence-electron chi connectivity index (χ2n) is 9.24. The van der Waals surface area contributed by atoms with Crippen LogP contribution in [-0.2, 0) is 4.74 Å². The summed E-state index contributed by atoms with van der Waals surface area (Å²) in [5.41, 5.74) is 4.10. The summed E-state index contributed by atoms with van der Waals surface area (Å²) in [5, 5.41) is 10.1. The van der Waals surface area contributed by atoms with Crippen molar-refractivity contribution < 1.29 is 9.47 Å². The number of aromatic amines is 1. The number of ether oxygens (including phenoxy) is 2. The molecule has 2 heterocycles. The highest BCUT2D eigenvalue weighted by Gasteiger charge is 2.27. The van der Waals surface area contributed by atoms with Crippen LogP contribution in [0.25, 0.3) is 10.9 Å². The average Bonchev–Trinajstić information content (AvgIpc) is 3.37. The molecule has 1 aromatic heterocycles. The molecule has 1 atom stereocenters. The van der Waals surface area contributed by atoms with Gasteiger partial charge >= 0.3 is 0 Å². The first kappa shape index (κ1) is 24.1. The molecule has 1 aliphatic rings. The van der Waals surface area contributed by atoms with Crippen molar-refractivity contribution >= 4 is 10.9 Å². The van der Waals surface area contributed by atoms with Crippen molar-refractivity contribution in [1.82, 2.24) is 14.8 Å². The van der Waals surface area contributed by atoms with Crippen LogP contribution in [0, 0.1) is 11.3 Å². The molecular weight excluding hydrogens is 448 g/mol. The van der Waals surface area contributed by atoms with E-state index in [1.807, 2.05) is 24.3 Å². The van der Waals surface area contributed by atoms with Crippen LogP contribution in [0.5, 0.6) is 5.75 Å². The molecule has 5 rings (SSSR count). The average molecular weight is 481 g/mol. The zero-order valence-electron chi connectivity index (χ0n) is 20.6. The molecule has 3 aromatic carbocycles. The molecule has 1 fully saturated rings. The van der Waals surface area contributed by atoms with Crippen molar-refractivity contribution in [3.8, 4) is 11.8 Å². The Bertz CT molecular complexity index is 1250. The number of nitrogens with zero attached hydrogens (tertiary/aromatic N) is 3. The third-order valence-corrected chi connectivity index (χ3v) is 6.97. The van der Waals surface area contributed by atoms with Crippen molar-refractivity contribution in [2.75, 3.05) is 46.4 Å². The molecule has 1 saturated heterocycles. The van der Waals surface area contributed by atoms with Gasteiger partial charge in [-0.3, -0.25) is 9.80 Å². The van der Waals surface area contributed by atoms with Crippen molar-refractivity contribution in [3.05, 3.63) is 102 Å². The SMILES string of the molecule is COC(COc1cccc2[nH]c(C#N)cc12)CN1CCN(C(c2ccccc2)c2ccccc2)CC1. The van der Waals surface area contributed by atoms with E-state index in [1.54, 1.807) is 7.11 Å². The van der Waals surface area contributed by atoms with Crippen LogP contribution in [-0.4, -0.2) is 67.3 Å². The second kappa shape index (κ2) is 11.4. The number of hydrogen-bond acceptors (Lipinski definition) is 5. The summed E-state index contributed by atoms with van der Waals surface area (Å²) in [6, 6.07) is 31.7. The first-order valence-electron chi connectivity index (χ1n) is 12.5. The second-order valence-corrected chi connectivity index (χ2v) is 9.24. The molecule has 6 nitrogen and oxygen atoms in total. The molecule has 36 heavy (non-hydrogen) atoms. The molecule has 0 bridgehead atoms. The van der Waals surface area contributed by atoms with Gasteiger partial charge in [-0.25, -0.2) is 0 Å². The summed E-state index contributed by atoms with van der Waals surface area (Å²) in [4.78, 5) is 8.15. The van der Waals surface area contributed by atoms with Crippen LogP contribution in [0.4, 0.5) is 0 Å². The van der Waals surface area contributed by atoms with E-state index >= 15 is 0 Å². The van der Waals surface area contributed by atoms with Crippen LogP contribution in [0.2, 0.25) is 0 Å². The minimum Gasteiger partial charge on any atom is -0.490 e. The molecule has 4 aromatic rings. The molecular formula is C30H32N4O2. The summed E-state index contributed by atoms with van der Waals surface area (Å²) >= 11 is 0. The number of fused-ring (bicyclic) bond motifs is 1. The Morgan fingerprint density at radius 1 is 0.889 bits per heavy atom. The third kappa shape index (κ3) is 5.44. The lowest BCUT2D eigenvalue weighted by molar-refractivity contribution is 0.0130. The molecule has 184 valence electrons. The summed E-state index contributed by atoms with van der Waals surface area (Å²) in [6.07, 6.45) is -0.0415. The number of rotatable bonds is 9. The van der Waals surface area contributed by atoms with E-state index in [1.165, 1.54) is 11.1 Å². The van der Waals surface area contributed by atoms with Crippen LogP contribution >= 0.6 is 0 Å². The van der Waals surface area contributed by atoms with Gasteiger partial charge in [-0.2, -0.15) is 5.26 Å². The third-order valence-electron chi connectivity index (χ3n) is 6.97. The van der Waals surface area contributed by atoms with E-state index in [0.717, 1.165) is 49.4 Å². The number of nitriles is 1. The molecule has 0 aliphatic carbocycles. The maximum absolute atomic E-state index is 9.20. The predicted molar refractivity (Wildman–Crippen MR) is 142 cm³/mol. The van der Waals surface area contributed by atoms with E-state index < -0.39 is 0 Å². The minimum atomic E-state index is -0.0415. The van der Waals surface area contributed by atoms with Crippen LogP contribution < -0.4 is 4.74 Å². The van der Waals surface area contributed by atoms with Gasteiger partial charge < -0.3 is 14.5 Å². The van der Waals surface area contributed by atoms with E-state index in [4.69, 9.17) is 9.47 Å². The van der Waals surface area contributed by atoms with Gasteiger partial charge in [0.25, 0.3) is 0 Å². The lowest BCUT2D eigenvalue weighted by Crippen LogP contribution is -2.50. The predicted octanol–water partition coefficient (Wildman–Crippen LogP) is 4.84. The normalized spacial score (nSPS) is 15.7. The van der Waals surface area contributed by atoms with Crippen molar-refractivity contribution in [2.45, 2.75) is 12.1 Å². The lowest BCUT2D eigenvalue weighted by atomic mass is 9.96. The summed E-state index contributed by atoms with van der Waals surface area (Å²) in [7, 11) is 1.75. The fourth-order valence-corrected chi connectivity index (χ4v) is 5.07. The minimum absolute atomic E-state index is 0.0415. The summed E-state index contributed by atoms with van der Waals surface area (Å²) in [6.45, 7) is 5.22. The Hall–Kier alpha value is -3.63. The summed E-state index contributed by atoms with van der Waals surface area (Å²) in [5.74, 6) is 0.769. The molecule has 0 radical (unpaired) electrons. The fraction of sp³-hybridized carbons (Fsp3) is 0.300. The van der Waals surface area contributed by atoms with E-state index in [0.29, 0.717) is 12.3 Å². The first-order valence-corrected chi connectivity index (χ1v) is 12.5. The molecule has 1 N–H and O–H groups in total. The quantitative estimate of drug-likeness (QED) is 0.371. The van der Waals surface area contributed by atoms with Crippen molar-refractivity contribution in [3.63, 3.8) is 0 Å². The van der Waals surface area contributed by atoms with Gasteiger partial charge in [0.15, 0.2) is 0 Å². The highest BCUT2D eigenvalue weighted by atomic mass is 16.5. The van der Waals surface area contributed by atoms with Crippen molar-refractivity contribution in [1.29, 1.82) is 5.26 Å². The Morgan fingerprint density at radius 2 is 1.56 bits per heavy atom. The Labute approximate surface area is 212 Å². The zero-order chi connectivity index (χ0) is 24.7. The van der Waals surface area contributed by atoms with Gasteiger partial charge in [-0.05, 0) is 29.3 Å². The fourth-order valence-electron chi connectivity index (χ4n) is 5.07. The monoisotopic (exact) mass is 480 g/mol. The number of H-pyrrole nitrogens is 1. The van der Waals surface area contributed by atoms with Crippen LogP contribution in [0.3, 0.4) is 0 Å². The van der Waals surface area contributed by atoms with Gasteiger partial charge in [0, 0.05) is 45.2 Å². The number of aromatic nitrogens is 1. The van der Waals surface area contributed by atoms with Crippen molar-refractivity contribution in [2.24, 2.45) is 0 Å². The smallest absolute Gasteiger partial charge is 0.128 e. The van der Waals surface area contributed by atoms with Gasteiger partial charge in [0.05, 0.1) is 11.6 Å². The molecule has 6 heteroatoms. The number of piperazine rings is 1. The molecule has 1 unspecified atom stereocenters. The van der Waals surface area contributed by atoms with E-state index in [9.17, 15) is 5.26 Å². The lowest BCUT2D eigenvalue weighted by Gasteiger charge is -2.40. The van der Waals surface area contributed by atoms with E-state index in [-0.39, 0.29) is 12.1 Å². The zero-order valence-corrected chi connectivity index (χ0v) is 20.6. The number of hydrogen-bond donors (Lipinski definition) is 1. The van der Waals surface area contributed by atoms with Gasteiger partial charge in [0.2, 0.25) is 0 Å². The van der Waals surface area contributed by atoms with Crippen LogP contribution in [0.1, 0.15) is 22.9 Å². The number of methoxy groups -OCH3 is 1. The maximum Gasteiger partial charge on any atom is 0.128 e. The highest BCUT2D eigenvalue weighted by molar-refractivity contribution is 5.87. The van der Waals surface area contributed by atoms with E-state index in [2.05, 4.69) is 81.5 Å². The number of nitrogens with one attached hydrogen (secondary N) is 1. The standard InChI is InChI=1S/C30H32N4O2/c1-35-26(22-36-29-14-8-13-28-27(29)19-25(20-31)32-28)21-33-15-17-34(18-16-33)30(23-9-4-2-5-10-23)24-11-6-3-7-12-24/h2-14,19,26,30,32H,15-18,21-22H2,1H3. The molecule has 0 spiro atoms. The maximum atomic E-state index is 9.20. The number of benzene rings is 3. The van der Waals surface area contributed by atoms with Gasteiger partial charge in [-0.15, -0.1) is 0 Å². The van der Waals surface area contributed by atoms with Crippen LogP contribution in [0.15, 0.2) is 84.9 Å². The summed E-state index contributed by atoms with van der Waals surface area (Å²) < 4.78 is 11.9. The van der Waals surface area contributed by atoms with Gasteiger partial charge in [0.1, 0.15) is 30.2 Å². The largest absolute Gasteiger partial charge is 0.490 e. The highest BCUT2D eigenvalue weighted by Crippen LogP contribution is 2.30. The Kier molecular flexibility index (Phi) is 7.63. The molecule has 1 aliphatic heterocycles. The topological polar surface area (TPSA) is 64.5 Å². The molecule has 0 saturated carbocycles. The first-order chi connectivity index (χ1) is 17.7. The Balaban J connectivity index is 1.20. The Morgan fingerprint density at radius 3 is 2.17 bits per heavy atom.